The lowest BCUT2D eigenvalue weighted by atomic mass is 10.0. The number of carbonyl (C=O) groups is 2. The molecule has 8 nitrogen and oxygen atoms in total. The number of hydrogen-bond acceptors (Lipinski definition) is 5. The summed E-state index contributed by atoms with van der Waals surface area (Å²) in [5.41, 5.74) is 7.62. The van der Waals surface area contributed by atoms with E-state index in [4.69, 9.17) is 10.5 Å². The van der Waals surface area contributed by atoms with Gasteiger partial charge in [0.2, 0.25) is 11.8 Å². The molecule has 1 aliphatic heterocycles. The summed E-state index contributed by atoms with van der Waals surface area (Å²) >= 11 is 0. The largest absolute Gasteiger partial charge is 0.416 e. The fourth-order valence-electron chi connectivity index (χ4n) is 3.59. The highest BCUT2D eigenvalue weighted by atomic mass is 35.5. The van der Waals surface area contributed by atoms with Crippen LogP contribution in [0.3, 0.4) is 0 Å². The highest BCUT2D eigenvalue weighted by Crippen LogP contribution is 2.22. The Kier molecular flexibility index (Phi) is 8.47. The Hall–Kier alpha value is -2.58. The van der Waals surface area contributed by atoms with E-state index in [2.05, 4.69) is 5.10 Å². The maximum atomic E-state index is 13.0. The maximum absolute atomic E-state index is 13.0. The Bertz CT molecular complexity index is 887. The molecule has 1 unspecified atom stereocenters. The molecule has 1 aromatic carbocycles. The lowest BCUT2D eigenvalue weighted by Crippen LogP contribution is -2.59. The van der Waals surface area contributed by atoms with Gasteiger partial charge in [0.1, 0.15) is 0 Å². The molecule has 170 valence electrons. The summed E-state index contributed by atoms with van der Waals surface area (Å²) in [7, 11) is 0. The first-order valence-electron chi connectivity index (χ1n) is 10.5. The second-order valence-corrected chi connectivity index (χ2v) is 8.05. The number of nitrogens with zero attached hydrogens (tertiary/aromatic N) is 4. The molecule has 2 heterocycles. The fourth-order valence-corrected chi connectivity index (χ4v) is 3.59. The third-order valence-electron chi connectivity index (χ3n) is 5.50. The molecule has 2 atom stereocenters. The molecule has 2 aromatic rings. The summed E-state index contributed by atoms with van der Waals surface area (Å²) in [4.78, 5) is 29.1. The van der Waals surface area contributed by atoms with Crippen LogP contribution < -0.4 is 10.5 Å². The van der Waals surface area contributed by atoms with Gasteiger partial charge in [-0.3, -0.25) is 4.79 Å². The minimum absolute atomic E-state index is 0. The average Bonchev–Trinajstić information content (AvgIpc) is 3.12. The first-order valence-corrected chi connectivity index (χ1v) is 10.5. The monoisotopic (exact) mass is 449 g/mol. The van der Waals surface area contributed by atoms with E-state index in [1.807, 2.05) is 58.0 Å². The van der Waals surface area contributed by atoms with Crippen LogP contribution in [0.25, 0.3) is 5.69 Å². The van der Waals surface area contributed by atoms with Gasteiger partial charge in [0.05, 0.1) is 23.5 Å². The zero-order valence-corrected chi connectivity index (χ0v) is 19.3. The van der Waals surface area contributed by atoms with Crippen molar-refractivity contribution in [2.75, 3.05) is 19.6 Å². The molecular formula is C22H32ClN5O3. The van der Waals surface area contributed by atoms with Gasteiger partial charge < -0.3 is 20.3 Å². The molecule has 3 rings (SSSR count). The van der Waals surface area contributed by atoms with Crippen LogP contribution in [0.15, 0.2) is 36.4 Å². The van der Waals surface area contributed by atoms with Gasteiger partial charge in [-0.05, 0) is 31.4 Å². The number of benzene rings is 1. The van der Waals surface area contributed by atoms with Crippen molar-refractivity contribution in [3.8, 4) is 11.6 Å². The van der Waals surface area contributed by atoms with Crippen molar-refractivity contribution in [2.45, 2.75) is 46.2 Å². The molecule has 2 amide bonds. The van der Waals surface area contributed by atoms with Gasteiger partial charge in [0, 0.05) is 25.7 Å². The number of rotatable bonds is 5. The molecule has 31 heavy (non-hydrogen) atoms. The number of hydrogen-bond donors (Lipinski definition) is 1. The average molecular weight is 450 g/mol. The van der Waals surface area contributed by atoms with E-state index >= 15 is 0 Å². The molecule has 9 heteroatoms. The van der Waals surface area contributed by atoms with Crippen LogP contribution in [0.1, 0.15) is 32.9 Å². The summed E-state index contributed by atoms with van der Waals surface area (Å²) in [6, 6.07) is 10.6. The van der Waals surface area contributed by atoms with Crippen LogP contribution in [-0.2, 0) is 4.79 Å². The number of aromatic nitrogens is 2. The number of piperazine rings is 1. The summed E-state index contributed by atoms with van der Waals surface area (Å²) in [6.07, 6.45) is 0.284. The molecule has 1 aromatic heterocycles. The van der Waals surface area contributed by atoms with E-state index < -0.39 is 12.1 Å². The van der Waals surface area contributed by atoms with Crippen molar-refractivity contribution in [1.82, 2.24) is 19.6 Å². The minimum atomic E-state index is -0.524. The molecule has 0 aliphatic carbocycles. The second-order valence-electron chi connectivity index (χ2n) is 8.05. The third kappa shape index (κ3) is 5.57. The predicted octanol–water partition coefficient (Wildman–Crippen LogP) is 3.01. The van der Waals surface area contributed by atoms with Crippen LogP contribution in [0.5, 0.6) is 5.88 Å². The lowest BCUT2D eigenvalue weighted by molar-refractivity contribution is -0.136. The fraction of sp³-hybridized carbons (Fsp3) is 0.500. The van der Waals surface area contributed by atoms with E-state index in [0.29, 0.717) is 31.9 Å². The number of carbonyl (C=O) groups excluding carboxylic acids is 2. The van der Waals surface area contributed by atoms with Crippen molar-refractivity contribution >= 4 is 24.4 Å². The van der Waals surface area contributed by atoms with E-state index in [0.717, 1.165) is 11.4 Å². The zero-order chi connectivity index (χ0) is 21.8. The van der Waals surface area contributed by atoms with Crippen molar-refractivity contribution in [2.24, 2.45) is 11.7 Å². The number of halogens is 1. The molecule has 0 bridgehead atoms. The van der Waals surface area contributed by atoms with E-state index in [-0.39, 0.29) is 30.3 Å². The van der Waals surface area contributed by atoms with Crippen molar-refractivity contribution in [3.05, 3.63) is 42.1 Å². The van der Waals surface area contributed by atoms with Gasteiger partial charge in [0.25, 0.3) is 0 Å². The van der Waals surface area contributed by atoms with Crippen LogP contribution in [0, 0.1) is 12.8 Å². The molecule has 0 radical (unpaired) electrons. The SMILES string of the molecule is CC[C@@H]1CN(C(=O)C(N)C(C)C)CCN1C(=O)Oc1cc(C)nn1-c1ccccc1.Cl. The summed E-state index contributed by atoms with van der Waals surface area (Å²) in [5.74, 6) is 0.384. The topological polar surface area (TPSA) is 93.7 Å². The third-order valence-corrected chi connectivity index (χ3v) is 5.50. The van der Waals surface area contributed by atoms with Crippen molar-refractivity contribution in [1.29, 1.82) is 0 Å². The van der Waals surface area contributed by atoms with Crippen LogP contribution in [0.2, 0.25) is 0 Å². The van der Waals surface area contributed by atoms with Crippen molar-refractivity contribution < 1.29 is 14.3 Å². The Morgan fingerprint density at radius 2 is 1.90 bits per heavy atom. The van der Waals surface area contributed by atoms with Gasteiger partial charge in [-0.25, -0.2) is 9.48 Å². The summed E-state index contributed by atoms with van der Waals surface area (Å²) < 4.78 is 7.35. The van der Waals surface area contributed by atoms with Crippen LogP contribution >= 0.6 is 12.4 Å². The Balaban J connectivity index is 0.00000341. The van der Waals surface area contributed by atoms with Gasteiger partial charge >= 0.3 is 6.09 Å². The molecule has 1 saturated heterocycles. The first kappa shape index (κ1) is 24.7. The van der Waals surface area contributed by atoms with E-state index in [1.54, 1.807) is 20.5 Å². The standard InChI is InChI=1S/C22H31N5O3.ClH/c1-5-17-14-25(21(28)20(23)15(2)3)11-12-26(17)22(29)30-19-13-16(4)24-27(19)18-9-7-6-8-10-18;/h6-10,13,15,17,20H,5,11-12,14,23H2,1-4H3;1H/t17-,20?;/m1./s1. The lowest BCUT2D eigenvalue weighted by Gasteiger charge is -2.41. The molecule has 0 spiro atoms. The zero-order valence-electron chi connectivity index (χ0n) is 18.5. The minimum Gasteiger partial charge on any atom is -0.391 e. The predicted molar refractivity (Wildman–Crippen MR) is 122 cm³/mol. The Morgan fingerprint density at radius 3 is 2.52 bits per heavy atom. The second kappa shape index (κ2) is 10.6. The number of para-hydroxylation sites is 1. The van der Waals surface area contributed by atoms with Gasteiger partial charge in [0.15, 0.2) is 0 Å². The Morgan fingerprint density at radius 1 is 1.23 bits per heavy atom. The highest BCUT2D eigenvalue weighted by molar-refractivity contribution is 5.85. The van der Waals surface area contributed by atoms with E-state index in [1.165, 1.54) is 0 Å². The molecule has 1 fully saturated rings. The van der Waals surface area contributed by atoms with Gasteiger partial charge in [-0.1, -0.05) is 39.0 Å². The Labute approximate surface area is 189 Å². The molecule has 1 aliphatic rings. The molecular weight excluding hydrogens is 418 g/mol. The number of ether oxygens (including phenoxy) is 1. The summed E-state index contributed by atoms with van der Waals surface area (Å²) in [6.45, 7) is 9.04. The van der Waals surface area contributed by atoms with E-state index in [9.17, 15) is 9.59 Å². The quantitative estimate of drug-likeness (QED) is 0.757. The smallest absolute Gasteiger partial charge is 0.391 e. The normalized spacial score (nSPS) is 17.3. The van der Waals surface area contributed by atoms with Crippen molar-refractivity contribution in [3.63, 3.8) is 0 Å². The van der Waals surface area contributed by atoms with Crippen LogP contribution in [0.4, 0.5) is 4.79 Å². The van der Waals surface area contributed by atoms with Gasteiger partial charge in [-0.2, -0.15) is 5.10 Å². The summed E-state index contributed by atoms with van der Waals surface area (Å²) in [5, 5.41) is 4.44. The number of nitrogens with two attached hydrogens (primary N) is 1. The number of aryl methyl sites for hydroxylation is 1. The van der Waals surface area contributed by atoms with Crippen LogP contribution in [-0.4, -0.2) is 63.3 Å². The number of amides is 2. The maximum Gasteiger partial charge on any atom is 0.416 e. The molecule has 2 N–H and O–H groups in total. The first-order chi connectivity index (χ1) is 14.3. The van der Waals surface area contributed by atoms with Gasteiger partial charge in [-0.15, -0.1) is 12.4 Å². The highest BCUT2D eigenvalue weighted by Gasteiger charge is 2.35. The molecule has 0 saturated carbocycles.